The van der Waals surface area contributed by atoms with Crippen molar-refractivity contribution in [2.24, 2.45) is 11.5 Å². The van der Waals surface area contributed by atoms with Gasteiger partial charge in [-0.15, -0.1) is 11.8 Å². The van der Waals surface area contributed by atoms with Crippen molar-refractivity contribution in [3.05, 3.63) is 40.6 Å². The summed E-state index contributed by atoms with van der Waals surface area (Å²) in [6, 6.07) is 5.30. The van der Waals surface area contributed by atoms with Crippen LogP contribution in [-0.2, 0) is 6.42 Å². The molecule has 5 N–H and O–H groups in total. The van der Waals surface area contributed by atoms with Crippen molar-refractivity contribution < 1.29 is 14.5 Å². The molecule has 1 heterocycles. The maximum absolute atomic E-state index is 10.9. The Kier molecular flexibility index (Phi) is 3.83. The van der Waals surface area contributed by atoms with Gasteiger partial charge in [0.25, 0.3) is 0 Å². The number of fused-ring (bicyclic) bond motifs is 1. The quantitative estimate of drug-likeness (QED) is 0.535. The third kappa shape index (κ3) is 2.47. The van der Waals surface area contributed by atoms with E-state index in [1.54, 1.807) is 12.1 Å². The van der Waals surface area contributed by atoms with E-state index in [-0.39, 0.29) is 5.15 Å². The number of carbonyl (C=O) groups excluding carboxylic acids is 1. The van der Waals surface area contributed by atoms with Crippen LogP contribution in [0.25, 0.3) is 0 Å². The van der Waals surface area contributed by atoms with Gasteiger partial charge in [-0.3, -0.25) is 4.79 Å². The molecule has 0 bridgehead atoms. The zero-order valence-corrected chi connectivity index (χ0v) is 10.4. The first kappa shape index (κ1) is 12.9. The Morgan fingerprint density at radius 2 is 2.39 bits per heavy atom. The fourth-order valence-electron chi connectivity index (χ4n) is 1.83. The molecule has 0 saturated carbocycles. The Morgan fingerprint density at radius 1 is 1.61 bits per heavy atom. The standard InChI is InChI=1S/C11H13BN2O3S/c13-5-10(14)18-9-4-7-2-1-3-8(6-15)11(7)17-12(9)16/h1-3,5-6,9,16H,4,13-14H2/b10-5+. The Balaban J connectivity index is 2.26. The molecule has 0 radical (unpaired) electrons. The lowest BCUT2D eigenvalue weighted by Crippen LogP contribution is -2.41. The minimum Gasteiger partial charge on any atom is -0.535 e. The van der Waals surface area contributed by atoms with Crippen LogP contribution >= 0.6 is 11.8 Å². The molecule has 0 aliphatic carbocycles. The summed E-state index contributed by atoms with van der Waals surface area (Å²) < 4.78 is 5.39. The predicted octanol–water partition coefficient (Wildman–Crippen LogP) is 0.272. The van der Waals surface area contributed by atoms with E-state index < -0.39 is 7.12 Å². The summed E-state index contributed by atoms with van der Waals surface area (Å²) in [7, 11) is -1.01. The number of aldehydes is 1. The van der Waals surface area contributed by atoms with Crippen LogP contribution in [0.3, 0.4) is 0 Å². The van der Waals surface area contributed by atoms with E-state index >= 15 is 0 Å². The van der Waals surface area contributed by atoms with Crippen molar-refractivity contribution in [3.8, 4) is 5.75 Å². The van der Waals surface area contributed by atoms with Crippen LogP contribution in [-0.4, -0.2) is 23.6 Å². The lowest BCUT2D eigenvalue weighted by Gasteiger charge is -2.27. The summed E-state index contributed by atoms with van der Waals surface area (Å²) in [4.78, 5) is 10.9. The smallest absolute Gasteiger partial charge is 0.535 e. The van der Waals surface area contributed by atoms with Crippen molar-refractivity contribution in [2.45, 2.75) is 11.6 Å². The number of hydrogen-bond donors (Lipinski definition) is 3. The van der Waals surface area contributed by atoms with Gasteiger partial charge < -0.3 is 21.1 Å². The number of rotatable bonds is 3. The number of carbonyl (C=O) groups is 1. The van der Waals surface area contributed by atoms with E-state index in [1.807, 2.05) is 6.07 Å². The van der Waals surface area contributed by atoms with E-state index in [9.17, 15) is 9.82 Å². The maximum atomic E-state index is 10.9. The van der Waals surface area contributed by atoms with Crippen LogP contribution in [0, 0.1) is 0 Å². The summed E-state index contributed by atoms with van der Waals surface area (Å²) in [5.74, 6) is 0.451. The number of thioether (sulfide) groups is 1. The first-order chi connectivity index (χ1) is 8.65. The largest absolute Gasteiger partial charge is 0.537 e. The minimum absolute atomic E-state index is 0.237. The van der Waals surface area contributed by atoms with Crippen LogP contribution in [0.2, 0.25) is 0 Å². The molecule has 2 rings (SSSR count). The molecule has 1 atom stereocenters. The average molecular weight is 264 g/mol. The van der Waals surface area contributed by atoms with Crippen LogP contribution < -0.4 is 16.1 Å². The normalized spacial score (nSPS) is 19.1. The van der Waals surface area contributed by atoms with Crippen molar-refractivity contribution in [2.75, 3.05) is 0 Å². The monoisotopic (exact) mass is 264 g/mol. The Morgan fingerprint density at radius 3 is 3.06 bits per heavy atom. The maximum Gasteiger partial charge on any atom is 0.537 e. The van der Waals surface area contributed by atoms with Crippen molar-refractivity contribution in [1.82, 2.24) is 0 Å². The van der Waals surface area contributed by atoms with Gasteiger partial charge in [-0.2, -0.15) is 0 Å². The number of benzene rings is 1. The molecule has 0 saturated heterocycles. The molecule has 1 aromatic carbocycles. The lowest BCUT2D eigenvalue weighted by atomic mass is 9.77. The van der Waals surface area contributed by atoms with E-state index in [0.717, 1.165) is 5.56 Å². The second-order valence-corrected chi connectivity index (χ2v) is 5.20. The molecule has 1 aliphatic heterocycles. The Hall–Kier alpha value is -1.60. The molecule has 18 heavy (non-hydrogen) atoms. The van der Waals surface area contributed by atoms with Gasteiger partial charge >= 0.3 is 7.12 Å². The van der Waals surface area contributed by atoms with Gasteiger partial charge in [0.2, 0.25) is 0 Å². The fourth-order valence-corrected chi connectivity index (χ4v) is 2.69. The van der Waals surface area contributed by atoms with Gasteiger partial charge in [-0.05, 0) is 18.1 Å². The summed E-state index contributed by atoms with van der Waals surface area (Å²) in [5, 5.41) is 10.1. The van der Waals surface area contributed by atoms with Crippen LogP contribution in [0.4, 0.5) is 0 Å². The van der Waals surface area contributed by atoms with Crippen LogP contribution in [0.5, 0.6) is 5.75 Å². The molecule has 1 unspecified atom stereocenters. The Bertz CT molecular complexity index is 495. The number of hydrogen-bond acceptors (Lipinski definition) is 6. The second kappa shape index (κ2) is 5.37. The van der Waals surface area contributed by atoms with Crippen molar-refractivity contribution >= 4 is 25.2 Å². The summed E-state index contributed by atoms with van der Waals surface area (Å²) in [6.45, 7) is 0. The molecular weight excluding hydrogens is 251 g/mol. The highest BCUT2D eigenvalue weighted by atomic mass is 32.2. The van der Waals surface area contributed by atoms with E-state index in [2.05, 4.69) is 0 Å². The van der Waals surface area contributed by atoms with Crippen molar-refractivity contribution in [1.29, 1.82) is 0 Å². The first-order valence-electron chi connectivity index (χ1n) is 5.41. The van der Waals surface area contributed by atoms with Crippen molar-refractivity contribution in [3.63, 3.8) is 0 Å². The zero-order chi connectivity index (χ0) is 13.1. The molecular formula is C11H13BN2O3S. The molecule has 1 aliphatic rings. The van der Waals surface area contributed by atoms with E-state index in [4.69, 9.17) is 16.1 Å². The number of nitrogens with two attached hydrogens (primary N) is 2. The second-order valence-electron chi connectivity index (χ2n) is 3.89. The first-order valence-corrected chi connectivity index (χ1v) is 6.29. The number of para-hydroxylation sites is 1. The average Bonchev–Trinajstić information content (AvgIpc) is 2.38. The van der Waals surface area contributed by atoms with Gasteiger partial charge in [-0.1, -0.05) is 12.1 Å². The summed E-state index contributed by atoms with van der Waals surface area (Å²) >= 11 is 1.26. The van der Waals surface area contributed by atoms with Gasteiger partial charge in [0.15, 0.2) is 6.29 Å². The molecule has 1 aromatic rings. The topological polar surface area (TPSA) is 98.6 Å². The Labute approximate surface area is 109 Å². The molecule has 7 heteroatoms. The summed E-state index contributed by atoms with van der Waals surface area (Å²) in [6.07, 6.45) is 2.57. The van der Waals surface area contributed by atoms with Gasteiger partial charge in [-0.25, -0.2) is 0 Å². The fraction of sp³-hybridized carbons (Fsp3) is 0.182. The minimum atomic E-state index is -1.01. The molecule has 0 fully saturated rings. The third-order valence-electron chi connectivity index (χ3n) is 2.68. The lowest BCUT2D eigenvalue weighted by molar-refractivity contribution is 0.112. The highest BCUT2D eigenvalue weighted by Gasteiger charge is 2.36. The highest BCUT2D eigenvalue weighted by Crippen LogP contribution is 2.34. The van der Waals surface area contributed by atoms with E-state index in [1.165, 1.54) is 18.0 Å². The van der Waals surface area contributed by atoms with E-state index in [0.29, 0.717) is 29.0 Å². The SMILES string of the molecule is N/C=C(\N)SC1Cc2cccc(C=O)c2OB1O. The van der Waals surface area contributed by atoms with Gasteiger partial charge in [0.1, 0.15) is 5.75 Å². The molecule has 94 valence electrons. The molecule has 0 spiro atoms. The van der Waals surface area contributed by atoms with Gasteiger partial charge in [0.05, 0.1) is 15.7 Å². The summed E-state index contributed by atoms with van der Waals surface area (Å²) in [5.41, 5.74) is 12.2. The molecule has 0 amide bonds. The zero-order valence-electron chi connectivity index (χ0n) is 9.58. The molecule has 5 nitrogen and oxygen atoms in total. The molecule has 0 aromatic heterocycles. The third-order valence-corrected chi connectivity index (χ3v) is 3.79. The van der Waals surface area contributed by atoms with Crippen LogP contribution in [0.15, 0.2) is 29.4 Å². The van der Waals surface area contributed by atoms with Crippen LogP contribution in [0.1, 0.15) is 15.9 Å². The van der Waals surface area contributed by atoms with Gasteiger partial charge in [0, 0.05) is 6.20 Å². The predicted molar refractivity (Wildman–Crippen MR) is 72.0 cm³/mol. The highest BCUT2D eigenvalue weighted by molar-refractivity contribution is 8.04.